The van der Waals surface area contributed by atoms with E-state index >= 15 is 0 Å². The quantitative estimate of drug-likeness (QED) is 0.736. The van der Waals surface area contributed by atoms with Crippen molar-refractivity contribution in [2.75, 3.05) is 52.9 Å². The Balaban J connectivity index is 1.21. The van der Waals surface area contributed by atoms with Crippen LogP contribution >= 0.6 is 11.6 Å². The Morgan fingerprint density at radius 2 is 1.75 bits per heavy atom. The summed E-state index contributed by atoms with van der Waals surface area (Å²) in [6.07, 6.45) is 8.17. The smallest absolute Gasteiger partial charge is 0.225 e. The molecule has 1 amide bonds. The lowest BCUT2D eigenvalue weighted by Crippen LogP contribution is -2.51. The van der Waals surface area contributed by atoms with E-state index in [4.69, 9.17) is 17.3 Å². The highest BCUT2D eigenvalue weighted by Crippen LogP contribution is 2.23. The molecule has 0 saturated carbocycles. The van der Waals surface area contributed by atoms with Crippen LogP contribution in [0.5, 0.6) is 0 Å². The van der Waals surface area contributed by atoms with E-state index in [1.807, 2.05) is 24.2 Å². The molecule has 2 saturated heterocycles. The van der Waals surface area contributed by atoms with Crippen molar-refractivity contribution in [3.63, 3.8) is 0 Å². The van der Waals surface area contributed by atoms with Crippen LogP contribution in [-0.4, -0.2) is 84.5 Å². The molecule has 174 valence electrons. The molecule has 4 rings (SSSR count). The first-order chi connectivity index (χ1) is 15.4. The minimum Gasteiger partial charge on any atom is -0.362 e. The molecule has 1 unspecified atom stereocenters. The lowest BCUT2D eigenvalue weighted by molar-refractivity contribution is -0.138. The van der Waals surface area contributed by atoms with Crippen molar-refractivity contribution in [3.8, 4) is 0 Å². The molecule has 3 aliphatic heterocycles. The predicted octanol–water partition coefficient (Wildman–Crippen LogP) is 2.67. The number of nitrogens with two attached hydrogens (primary N) is 1. The number of nitrogens with zero attached hydrogens (tertiary/aromatic N) is 4. The highest BCUT2D eigenvalue weighted by Gasteiger charge is 2.30. The summed E-state index contributed by atoms with van der Waals surface area (Å²) < 4.78 is 0. The molecule has 7 heteroatoms. The fraction of sp³-hybridized carbons (Fsp3) is 0.560. The Morgan fingerprint density at radius 1 is 1.06 bits per heavy atom. The van der Waals surface area contributed by atoms with Crippen molar-refractivity contribution in [2.24, 2.45) is 11.7 Å². The number of likely N-dealkylation sites (N-methyl/N-ethyl adjacent to an activating group) is 1. The molecule has 3 aliphatic rings. The summed E-state index contributed by atoms with van der Waals surface area (Å²) in [7, 11) is 1.99. The molecule has 1 aromatic rings. The van der Waals surface area contributed by atoms with Crippen LogP contribution < -0.4 is 5.73 Å². The average Bonchev–Trinajstić information content (AvgIpc) is 2.79. The van der Waals surface area contributed by atoms with Crippen LogP contribution in [0.4, 0.5) is 0 Å². The van der Waals surface area contributed by atoms with Crippen molar-refractivity contribution in [3.05, 3.63) is 58.3 Å². The zero-order valence-electron chi connectivity index (χ0n) is 19.3. The van der Waals surface area contributed by atoms with Crippen LogP contribution in [0, 0.1) is 12.8 Å². The molecule has 2 fully saturated rings. The van der Waals surface area contributed by atoms with E-state index in [0.717, 1.165) is 70.2 Å². The maximum absolute atomic E-state index is 13.1. The van der Waals surface area contributed by atoms with Gasteiger partial charge in [0, 0.05) is 63.5 Å². The summed E-state index contributed by atoms with van der Waals surface area (Å²) in [6, 6.07) is 6.09. The fourth-order valence-corrected chi connectivity index (χ4v) is 5.04. The monoisotopic (exact) mass is 457 g/mol. The number of benzene rings is 1. The highest BCUT2D eigenvalue weighted by molar-refractivity contribution is 6.30. The molecule has 6 nitrogen and oxygen atoms in total. The molecule has 3 heterocycles. The number of carbonyl (C=O) groups is 1. The minimum absolute atomic E-state index is 0.0458. The first-order valence-corrected chi connectivity index (χ1v) is 12.1. The SMILES string of the molecule is Cc1ccc(Cl)cc1CN1CCN(C(=O)C2CCN(CC3=CC(N)N(C)C=C3)CC2)CC1. The second-order valence-electron chi connectivity index (χ2n) is 9.44. The number of carbonyl (C=O) groups excluding carboxylic acids is 1. The Bertz CT molecular complexity index is 869. The zero-order valence-corrected chi connectivity index (χ0v) is 20.1. The number of halogens is 1. The molecule has 0 aliphatic carbocycles. The number of aryl methyl sites for hydroxylation is 1. The van der Waals surface area contributed by atoms with Gasteiger partial charge in [-0.3, -0.25) is 14.6 Å². The van der Waals surface area contributed by atoms with Gasteiger partial charge in [-0.2, -0.15) is 0 Å². The number of rotatable bonds is 5. The van der Waals surface area contributed by atoms with Crippen LogP contribution in [0.15, 0.2) is 42.1 Å². The summed E-state index contributed by atoms with van der Waals surface area (Å²) in [5.41, 5.74) is 9.92. The summed E-state index contributed by atoms with van der Waals surface area (Å²) in [5.74, 6) is 0.515. The molecule has 1 atom stereocenters. The van der Waals surface area contributed by atoms with E-state index in [2.05, 4.69) is 45.9 Å². The van der Waals surface area contributed by atoms with Gasteiger partial charge in [-0.15, -0.1) is 0 Å². The lowest BCUT2D eigenvalue weighted by atomic mass is 9.94. The predicted molar refractivity (Wildman–Crippen MR) is 130 cm³/mol. The number of piperazine rings is 1. The van der Waals surface area contributed by atoms with Crippen molar-refractivity contribution in [2.45, 2.75) is 32.5 Å². The molecule has 2 N–H and O–H groups in total. The second kappa shape index (κ2) is 10.4. The van der Waals surface area contributed by atoms with E-state index < -0.39 is 0 Å². The standard InChI is InChI=1S/C25H36ClN5O/c1-19-3-4-23(26)16-22(19)18-30-11-13-31(14-12-30)25(32)21-6-9-29(10-7-21)17-20-5-8-28(2)24(27)15-20/h3-5,8,15-16,21,24H,6-7,9-14,17-18,27H2,1-2H3. The van der Waals surface area contributed by atoms with Gasteiger partial charge in [-0.1, -0.05) is 17.7 Å². The molecular weight excluding hydrogens is 422 g/mol. The van der Waals surface area contributed by atoms with Gasteiger partial charge in [0.2, 0.25) is 5.91 Å². The van der Waals surface area contributed by atoms with Crippen LogP contribution in [0.3, 0.4) is 0 Å². The summed E-state index contributed by atoms with van der Waals surface area (Å²) in [5, 5.41) is 0.789. The Morgan fingerprint density at radius 3 is 2.44 bits per heavy atom. The van der Waals surface area contributed by atoms with Gasteiger partial charge < -0.3 is 15.5 Å². The van der Waals surface area contributed by atoms with Crippen molar-refractivity contribution in [1.29, 1.82) is 0 Å². The van der Waals surface area contributed by atoms with Crippen molar-refractivity contribution >= 4 is 17.5 Å². The van der Waals surface area contributed by atoms with Gasteiger partial charge in [0.05, 0.1) is 6.17 Å². The van der Waals surface area contributed by atoms with Gasteiger partial charge in [-0.05, 0) is 73.8 Å². The number of likely N-dealkylation sites (tertiary alicyclic amines) is 1. The summed E-state index contributed by atoms with van der Waals surface area (Å²) >= 11 is 6.17. The molecule has 0 radical (unpaired) electrons. The third-order valence-corrected chi connectivity index (χ3v) is 7.35. The van der Waals surface area contributed by atoms with E-state index in [0.29, 0.717) is 5.91 Å². The number of piperidine rings is 1. The largest absolute Gasteiger partial charge is 0.362 e. The van der Waals surface area contributed by atoms with E-state index in [1.165, 1.54) is 16.7 Å². The normalized spacial score (nSPS) is 23.5. The van der Waals surface area contributed by atoms with Crippen LogP contribution in [0.2, 0.25) is 5.02 Å². The highest BCUT2D eigenvalue weighted by atomic mass is 35.5. The summed E-state index contributed by atoms with van der Waals surface area (Å²) in [4.78, 5) is 22.1. The first-order valence-electron chi connectivity index (χ1n) is 11.7. The second-order valence-corrected chi connectivity index (χ2v) is 9.87. The molecule has 0 bridgehead atoms. The minimum atomic E-state index is -0.0458. The maximum Gasteiger partial charge on any atom is 0.225 e. The van der Waals surface area contributed by atoms with Crippen molar-refractivity contribution in [1.82, 2.24) is 19.6 Å². The van der Waals surface area contributed by atoms with Gasteiger partial charge in [-0.25, -0.2) is 0 Å². The van der Waals surface area contributed by atoms with Crippen LogP contribution in [-0.2, 0) is 11.3 Å². The molecule has 1 aromatic carbocycles. The van der Waals surface area contributed by atoms with Gasteiger partial charge >= 0.3 is 0 Å². The number of amides is 1. The lowest BCUT2D eigenvalue weighted by Gasteiger charge is -2.39. The van der Waals surface area contributed by atoms with Gasteiger partial charge in [0.15, 0.2) is 0 Å². The Hall–Kier alpha value is -1.86. The topological polar surface area (TPSA) is 56.1 Å². The molecule has 32 heavy (non-hydrogen) atoms. The third kappa shape index (κ3) is 5.73. The Kier molecular flexibility index (Phi) is 7.56. The fourth-order valence-electron chi connectivity index (χ4n) is 4.84. The molecule has 0 spiro atoms. The van der Waals surface area contributed by atoms with E-state index in [9.17, 15) is 4.79 Å². The van der Waals surface area contributed by atoms with E-state index in [1.54, 1.807) is 0 Å². The number of hydrogen-bond donors (Lipinski definition) is 1. The summed E-state index contributed by atoms with van der Waals surface area (Å²) in [6.45, 7) is 9.38. The van der Waals surface area contributed by atoms with Gasteiger partial charge in [0.1, 0.15) is 0 Å². The zero-order chi connectivity index (χ0) is 22.7. The first kappa shape index (κ1) is 23.3. The average molecular weight is 458 g/mol. The molecular formula is C25H36ClN5O. The van der Waals surface area contributed by atoms with Crippen molar-refractivity contribution < 1.29 is 4.79 Å². The maximum atomic E-state index is 13.1. The number of hydrogen-bond acceptors (Lipinski definition) is 5. The van der Waals surface area contributed by atoms with Crippen LogP contribution in [0.25, 0.3) is 0 Å². The van der Waals surface area contributed by atoms with Gasteiger partial charge in [0.25, 0.3) is 0 Å². The Labute approximate surface area is 197 Å². The van der Waals surface area contributed by atoms with Crippen LogP contribution in [0.1, 0.15) is 24.0 Å². The third-order valence-electron chi connectivity index (χ3n) is 7.11. The van der Waals surface area contributed by atoms with E-state index in [-0.39, 0.29) is 12.1 Å². The molecule has 0 aromatic heterocycles.